The van der Waals surface area contributed by atoms with E-state index in [2.05, 4.69) is 5.32 Å². The van der Waals surface area contributed by atoms with Crippen molar-refractivity contribution in [1.82, 2.24) is 0 Å². The predicted octanol–water partition coefficient (Wildman–Crippen LogP) is 3.63. The van der Waals surface area contributed by atoms with Crippen LogP contribution in [0.15, 0.2) is 48.0 Å². The van der Waals surface area contributed by atoms with E-state index in [0.717, 1.165) is 24.2 Å². The first-order chi connectivity index (χ1) is 13.7. The van der Waals surface area contributed by atoms with Crippen LogP contribution in [0.25, 0.3) is 6.08 Å². The van der Waals surface area contributed by atoms with E-state index in [1.165, 1.54) is 0 Å². The number of carbonyl (C=O) groups excluding carboxylic acids is 2. The number of ether oxygens (including phenoxy) is 2. The van der Waals surface area contributed by atoms with Crippen LogP contribution in [0.2, 0.25) is 0 Å². The van der Waals surface area contributed by atoms with Crippen LogP contribution in [-0.4, -0.2) is 31.6 Å². The third-order valence-corrected chi connectivity index (χ3v) is 4.81. The molecule has 6 heteroatoms. The van der Waals surface area contributed by atoms with Crippen molar-refractivity contribution in [2.24, 2.45) is 0 Å². The maximum absolute atomic E-state index is 12.6. The molecule has 0 radical (unpaired) electrons. The first kappa shape index (κ1) is 18.1. The number of amides is 2. The van der Waals surface area contributed by atoms with Crippen LogP contribution < -0.4 is 19.7 Å². The van der Waals surface area contributed by atoms with E-state index in [4.69, 9.17) is 9.47 Å². The number of nitrogens with one attached hydrogen (secondary N) is 1. The lowest BCUT2D eigenvalue weighted by Crippen LogP contribution is -2.24. The summed E-state index contributed by atoms with van der Waals surface area (Å²) in [6, 6.07) is 13.0. The molecular weight excluding hydrogens is 356 g/mol. The Kier molecular flexibility index (Phi) is 5.02. The topological polar surface area (TPSA) is 67.9 Å². The molecule has 1 N–H and O–H groups in total. The van der Waals surface area contributed by atoms with Gasteiger partial charge in [0.25, 0.3) is 5.91 Å². The molecule has 6 nitrogen and oxygen atoms in total. The van der Waals surface area contributed by atoms with Crippen molar-refractivity contribution in [3.8, 4) is 11.5 Å². The van der Waals surface area contributed by atoms with Gasteiger partial charge in [-0.25, -0.2) is 0 Å². The van der Waals surface area contributed by atoms with Gasteiger partial charge in [-0.1, -0.05) is 12.1 Å². The Hall–Kier alpha value is -3.28. The zero-order valence-corrected chi connectivity index (χ0v) is 15.7. The minimum Gasteiger partial charge on any atom is -0.490 e. The smallest absolute Gasteiger partial charge is 0.255 e. The molecule has 144 valence electrons. The minimum absolute atomic E-state index is 0.145. The summed E-state index contributed by atoms with van der Waals surface area (Å²) in [7, 11) is 0. The molecule has 0 atom stereocenters. The molecule has 0 aromatic heterocycles. The Morgan fingerprint density at radius 3 is 2.75 bits per heavy atom. The summed E-state index contributed by atoms with van der Waals surface area (Å²) in [5.41, 5.74) is 2.90. The quantitative estimate of drug-likeness (QED) is 0.863. The number of carbonyl (C=O) groups is 2. The van der Waals surface area contributed by atoms with Gasteiger partial charge >= 0.3 is 0 Å². The number of hydrogen-bond donors (Lipinski definition) is 1. The molecule has 2 heterocycles. The minimum atomic E-state index is -0.211. The average molecular weight is 378 g/mol. The van der Waals surface area contributed by atoms with Crippen molar-refractivity contribution < 1.29 is 19.1 Å². The molecule has 2 aliphatic heterocycles. The molecule has 0 spiro atoms. The lowest BCUT2D eigenvalue weighted by Gasteiger charge is -2.20. The van der Waals surface area contributed by atoms with Gasteiger partial charge in [0, 0.05) is 29.9 Å². The summed E-state index contributed by atoms with van der Waals surface area (Å²) in [6.07, 6.45) is 3.31. The number of fused-ring (bicyclic) bond motifs is 1. The SMILES string of the molecule is CCOc1cccc2c1OCC(C(=O)Nc1ccc(N3CCCC3=O)cc1)=C2. The van der Waals surface area contributed by atoms with Gasteiger partial charge < -0.3 is 19.7 Å². The van der Waals surface area contributed by atoms with Gasteiger partial charge in [-0.2, -0.15) is 0 Å². The highest BCUT2D eigenvalue weighted by molar-refractivity contribution is 6.07. The second-order valence-electron chi connectivity index (χ2n) is 6.72. The highest BCUT2D eigenvalue weighted by atomic mass is 16.5. The van der Waals surface area contributed by atoms with Crippen LogP contribution >= 0.6 is 0 Å². The Morgan fingerprint density at radius 1 is 1.21 bits per heavy atom. The molecule has 2 amide bonds. The first-order valence-electron chi connectivity index (χ1n) is 9.46. The van der Waals surface area contributed by atoms with Crippen molar-refractivity contribution in [1.29, 1.82) is 0 Å². The summed E-state index contributed by atoms with van der Waals surface area (Å²) in [6.45, 7) is 3.40. The summed E-state index contributed by atoms with van der Waals surface area (Å²) in [5.74, 6) is 1.28. The number of benzene rings is 2. The third-order valence-electron chi connectivity index (χ3n) is 4.81. The predicted molar refractivity (Wildman–Crippen MR) is 108 cm³/mol. The van der Waals surface area contributed by atoms with Gasteiger partial charge in [0.1, 0.15) is 6.61 Å². The molecule has 28 heavy (non-hydrogen) atoms. The van der Waals surface area contributed by atoms with Gasteiger partial charge in [-0.15, -0.1) is 0 Å². The summed E-state index contributed by atoms with van der Waals surface area (Å²) < 4.78 is 11.4. The molecule has 2 aliphatic rings. The highest BCUT2D eigenvalue weighted by Crippen LogP contribution is 2.36. The maximum Gasteiger partial charge on any atom is 0.255 e. The van der Waals surface area contributed by atoms with Crippen LogP contribution in [0.4, 0.5) is 11.4 Å². The average Bonchev–Trinajstić information content (AvgIpc) is 3.14. The highest BCUT2D eigenvalue weighted by Gasteiger charge is 2.22. The fraction of sp³-hybridized carbons (Fsp3) is 0.273. The van der Waals surface area contributed by atoms with Crippen molar-refractivity contribution >= 4 is 29.3 Å². The van der Waals surface area contributed by atoms with Crippen molar-refractivity contribution in [2.75, 3.05) is 30.0 Å². The Bertz CT molecular complexity index is 934. The summed E-state index contributed by atoms with van der Waals surface area (Å²) >= 11 is 0. The van der Waals surface area contributed by atoms with Crippen LogP contribution in [0.1, 0.15) is 25.3 Å². The van der Waals surface area contributed by atoms with Crippen LogP contribution in [0.3, 0.4) is 0 Å². The number of para-hydroxylation sites is 1. The fourth-order valence-corrected chi connectivity index (χ4v) is 3.44. The summed E-state index contributed by atoms with van der Waals surface area (Å²) in [5, 5.41) is 2.89. The van der Waals surface area contributed by atoms with E-state index in [1.807, 2.05) is 55.5 Å². The largest absolute Gasteiger partial charge is 0.490 e. The van der Waals surface area contributed by atoms with Crippen molar-refractivity contribution in [3.63, 3.8) is 0 Å². The monoisotopic (exact) mass is 378 g/mol. The normalized spacial score (nSPS) is 15.5. The number of hydrogen-bond acceptors (Lipinski definition) is 4. The van der Waals surface area contributed by atoms with E-state index in [9.17, 15) is 9.59 Å². The van der Waals surface area contributed by atoms with Gasteiger partial charge in [0.2, 0.25) is 5.91 Å². The Morgan fingerprint density at radius 2 is 2.04 bits per heavy atom. The van der Waals surface area contributed by atoms with Gasteiger partial charge in [0.15, 0.2) is 11.5 Å². The fourth-order valence-electron chi connectivity index (χ4n) is 3.44. The van der Waals surface area contributed by atoms with E-state index in [1.54, 1.807) is 4.90 Å². The Labute approximate surface area is 163 Å². The van der Waals surface area contributed by atoms with Crippen LogP contribution in [0.5, 0.6) is 11.5 Å². The lowest BCUT2D eigenvalue weighted by molar-refractivity contribution is -0.117. The second-order valence-corrected chi connectivity index (χ2v) is 6.72. The van der Waals surface area contributed by atoms with E-state index in [0.29, 0.717) is 35.8 Å². The van der Waals surface area contributed by atoms with Gasteiger partial charge in [0.05, 0.1) is 12.2 Å². The van der Waals surface area contributed by atoms with Gasteiger partial charge in [-0.05, 0) is 49.8 Å². The van der Waals surface area contributed by atoms with Crippen LogP contribution in [0, 0.1) is 0 Å². The number of rotatable bonds is 5. The Balaban J connectivity index is 1.47. The first-order valence-corrected chi connectivity index (χ1v) is 9.46. The van der Waals surface area contributed by atoms with Crippen LogP contribution in [-0.2, 0) is 9.59 Å². The summed E-state index contributed by atoms with van der Waals surface area (Å²) in [4.78, 5) is 26.2. The molecule has 2 aromatic carbocycles. The third kappa shape index (κ3) is 3.58. The molecule has 0 unspecified atom stereocenters. The molecule has 1 saturated heterocycles. The molecular formula is C22H22N2O4. The molecule has 0 bridgehead atoms. The number of anilines is 2. The molecule has 1 fully saturated rings. The molecule has 0 saturated carbocycles. The molecule has 2 aromatic rings. The maximum atomic E-state index is 12.6. The zero-order chi connectivity index (χ0) is 19.5. The lowest BCUT2D eigenvalue weighted by atomic mass is 10.1. The number of nitrogens with zero attached hydrogens (tertiary/aromatic N) is 1. The van der Waals surface area contributed by atoms with Gasteiger partial charge in [-0.3, -0.25) is 9.59 Å². The molecule has 4 rings (SSSR count). The standard InChI is InChI=1S/C22H22N2O4/c1-2-27-19-6-3-5-15-13-16(14-28-21(15)19)22(26)23-17-8-10-18(11-9-17)24-12-4-7-20(24)25/h3,5-6,8-11,13H,2,4,7,12,14H2,1H3,(H,23,26). The van der Waals surface area contributed by atoms with Crippen molar-refractivity contribution in [2.45, 2.75) is 19.8 Å². The van der Waals surface area contributed by atoms with Crippen molar-refractivity contribution in [3.05, 3.63) is 53.6 Å². The second kappa shape index (κ2) is 7.76. The van der Waals surface area contributed by atoms with E-state index >= 15 is 0 Å². The zero-order valence-electron chi connectivity index (χ0n) is 15.7. The van der Waals surface area contributed by atoms with E-state index < -0.39 is 0 Å². The van der Waals surface area contributed by atoms with E-state index in [-0.39, 0.29) is 18.4 Å². The molecule has 0 aliphatic carbocycles.